The third-order valence-corrected chi connectivity index (χ3v) is 1.12. The van der Waals surface area contributed by atoms with Crippen LogP contribution in [0.25, 0.3) is 0 Å². The normalized spacial score (nSPS) is 10.9. The van der Waals surface area contributed by atoms with Crippen LogP contribution in [-0.2, 0) is 4.74 Å². The highest BCUT2D eigenvalue weighted by atomic mass is 32.1. The van der Waals surface area contributed by atoms with Crippen LogP contribution in [0, 0.1) is 0 Å². The van der Waals surface area contributed by atoms with E-state index in [-0.39, 0.29) is 6.61 Å². The minimum Gasteiger partial charge on any atom is -0.292 e. The molecular formula is C6H8F3NOS. The highest BCUT2D eigenvalue weighted by Crippen LogP contribution is 2.16. The molecule has 0 amide bonds. The summed E-state index contributed by atoms with van der Waals surface area (Å²) in [5, 5.41) is 2.12. The van der Waals surface area contributed by atoms with E-state index in [0.717, 1.165) is 0 Å². The second-order valence-corrected chi connectivity index (χ2v) is 2.16. The number of thiocarbonyl (C=S) groups is 1. The van der Waals surface area contributed by atoms with Gasteiger partial charge in [-0.25, -0.2) is 4.99 Å². The molecule has 0 rings (SSSR count). The highest BCUT2D eigenvalue weighted by Gasteiger charge is 2.28. The Labute approximate surface area is 73.4 Å². The number of aliphatic imine (C=N–C) groups is 1. The van der Waals surface area contributed by atoms with Crippen LogP contribution in [0.3, 0.4) is 0 Å². The number of rotatable bonds is 5. The van der Waals surface area contributed by atoms with E-state index >= 15 is 0 Å². The minimum absolute atomic E-state index is 0.319. The Balaban J connectivity index is 3.16. The van der Waals surface area contributed by atoms with Crippen LogP contribution in [0.2, 0.25) is 0 Å². The summed E-state index contributed by atoms with van der Waals surface area (Å²) in [6.45, 7) is 0.0845. The van der Waals surface area contributed by atoms with Crippen LogP contribution in [0.4, 0.5) is 13.2 Å². The van der Waals surface area contributed by atoms with Gasteiger partial charge in [0.15, 0.2) is 0 Å². The lowest BCUT2D eigenvalue weighted by Gasteiger charge is -2.05. The quantitative estimate of drug-likeness (QED) is 0.385. The number of hydrogen-bond donors (Lipinski definition) is 0. The molecule has 0 bridgehead atoms. The summed E-state index contributed by atoms with van der Waals surface area (Å²) >= 11 is 4.26. The van der Waals surface area contributed by atoms with E-state index < -0.39 is 6.36 Å². The lowest BCUT2D eigenvalue weighted by molar-refractivity contribution is -0.324. The summed E-state index contributed by atoms with van der Waals surface area (Å²) in [5.74, 6) is 0. The van der Waals surface area contributed by atoms with Gasteiger partial charge in [-0.3, -0.25) is 4.74 Å². The summed E-state index contributed by atoms with van der Waals surface area (Å²) < 4.78 is 37.6. The van der Waals surface area contributed by atoms with Crippen molar-refractivity contribution in [2.24, 2.45) is 4.99 Å². The first kappa shape index (κ1) is 11.6. The van der Waals surface area contributed by atoms with Gasteiger partial charge >= 0.3 is 6.36 Å². The number of alkyl halides is 3. The number of nitrogens with zero attached hydrogens (tertiary/aromatic N) is 1. The lowest BCUT2D eigenvalue weighted by atomic mass is 10.3. The van der Waals surface area contributed by atoms with Gasteiger partial charge in [-0.15, -0.1) is 13.2 Å². The van der Waals surface area contributed by atoms with Crippen molar-refractivity contribution in [3.63, 3.8) is 0 Å². The topological polar surface area (TPSA) is 21.6 Å². The van der Waals surface area contributed by atoms with Gasteiger partial charge in [-0.1, -0.05) is 0 Å². The van der Waals surface area contributed by atoms with Gasteiger partial charge in [0.05, 0.1) is 11.8 Å². The van der Waals surface area contributed by atoms with Crippen LogP contribution in [0.1, 0.15) is 12.8 Å². The molecule has 0 aromatic rings. The van der Waals surface area contributed by atoms with Gasteiger partial charge in [-0.05, 0) is 25.1 Å². The Morgan fingerprint density at radius 1 is 1.33 bits per heavy atom. The summed E-state index contributed by atoms with van der Waals surface area (Å²) in [5.41, 5.74) is 0. The van der Waals surface area contributed by atoms with Gasteiger partial charge in [0.25, 0.3) is 0 Å². The highest BCUT2D eigenvalue weighted by molar-refractivity contribution is 7.78. The molecule has 0 aliphatic rings. The number of unbranched alkanes of at least 4 members (excludes halogenated alkanes) is 1. The molecular weight excluding hydrogens is 191 g/mol. The molecule has 12 heavy (non-hydrogen) atoms. The maximum Gasteiger partial charge on any atom is 0.522 e. The molecule has 0 aromatic heterocycles. The SMILES string of the molecule is FC(F)(F)OCCCCN=C=S. The Hall–Kier alpha value is -0.450. The fourth-order valence-corrected chi connectivity index (χ4v) is 0.618. The second kappa shape index (κ2) is 6.11. The molecule has 0 unspecified atom stereocenters. The molecule has 0 aliphatic carbocycles. The first-order valence-corrected chi connectivity index (χ1v) is 3.71. The lowest BCUT2D eigenvalue weighted by Crippen LogP contribution is -2.14. The second-order valence-electron chi connectivity index (χ2n) is 1.97. The fourth-order valence-electron chi connectivity index (χ4n) is 0.526. The molecule has 0 fully saturated rings. The van der Waals surface area contributed by atoms with Crippen LogP contribution >= 0.6 is 12.2 Å². The monoisotopic (exact) mass is 199 g/mol. The van der Waals surface area contributed by atoms with Gasteiger partial charge in [0, 0.05) is 6.54 Å². The fraction of sp³-hybridized carbons (Fsp3) is 0.833. The van der Waals surface area contributed by atoms with E-state index in [1.54, 1.807) is 0 Å². The summed E-state index contributed by atoms with van der Waals surface area (Å²) in [6, 6.07) is 0. The van der Waals surface area contributed by atoms with Crippen molar-refractivity contribution in [1.82, 2.24) is 0 Å². The number of hydrogen-bond acceptors (Lipinski definition) is 3. The van der Waals surface area contributed by atoms with Crippen LogP contribution < -0.4 is 0 Å². The zero-order chi connectivity index (χ0) is 9.45. The maximum absolute atomic E-state index is 11.4. The molecule has 0 spiro atoms. The van der Waals surface area contributed by atoms with E-state index in [1.807, 2.05) is 0 Å². The van der Waals surface area contributed by atoms with Crippen molar-refractivity contribution in [3.8, 4) is 0 Å². The van der Waals surface area contributed by atoms with E-state index in [1.165, 1.54) is 0 Å². The van der Waals surface area contributed by atoms with Crippen molar-refractivity contribution in [1.29, 1.82) is 0 Å². The molecule has 0 heterocycles. The molecule has 0 saturated heterocycles. The maximum atomic E-state index is 11.4. The van der Waals surface area contributed by atoms with E-state index in [2.05, 4.69) is 27.1 Å². The van der Waals surface area contributed by atoms with Crippen molar-refractivity contribution in [3.05, 3.63) is 0 Å². The minimum atomic E-state index is -4.52. The molecule has 0 atom stereocenters. The number of ether oxygens (including phenoxy) is 1. The van der Waals surface area contributed by atoms with Gasteiger partial charge in [-0.2, -0.15) is 0 Å². The molecule has 70 valence electrons. The van der Waals surface area contributed by atoms with Crippen LogP contribution in [-0.4, -0.2) is 24.7 Å². The van der Waals surface area contributed by atoms with Crippen molar-refractivity contribution in [2.45, 2.75) is 19.2 Å². The summed E-state index contributed by atoms with van der Waals surface area (Å²) in [6.07, 6.45) is -3.67. The van der Waals surface area contributed by atoms with Gasteiger partial charge in [0.2, 0.25) is 0 Å². The van der Waals surface area contributed by atoms with Crippen LogP contribution in [0.15, 0.2) is 4.99 Å². The van der Waals surface area contributed by atoms with Crippen molar-refractivity contribution >= 4 is 17.4 Å². The van der Waals surface area contributed by atoms with E-state index in [4.69, 9.17) is 0 Å². The molecule has 6 heteroatoms. The van der Waals surface area contributed by atoms with Crippen molar-refractivity contribution < 1.29 is 17.9 Å². The van der Waals surface area contributed by atoms with Gasteiger partial charge < -0.3 is 0 Å². The zero-order valence-corrected chi connectivity index (χ0v) is 7.04. The molecule has 0 aliphatic heterocycles. The summed E-state index contributed by atoms with van der Waals surface area (Å²) in [4.78, 5) is 3.53. The standard InChI is InChI=1S/C6H8F3NOS/c7-6(8,9)11-4-2-1-3-10-5-12/h1-4H2. The molecule has 0 N–H and O–H groups in total. The van der Waals surface area contributed by atoms with Crippen LogP contribution in [0.5, 0.6) is 0 Å². The average Bonchev–Trinajstić information content (AvgIpc) is 1.94. The van der Waals surface area contributed by atoms with E-state index in [0.29, 0.717) is 19.4 Å². The number of isothiocyanates is 1. The van der Waals surface area contributed by atoms with E-state index in [9.17, 15) is 13.2 Å². The predicted molar refractivity (Wildman–Crippen MR) is 41.1 cm³/mol. The summed E-state index contributed by atoms with van der Waals surface area (Å²) in [7, 11) is 0. The smallest absolute Gasteiger partial charge is 0.292 e. The Bertz CT molecular complexity index is 165. The first-order valence-electron chi connectivity index (χ1n) is 3.30. The zero-order valence-electron chi connectivity index (χ0n) is 6.23. The average molecular weight is 199 g/mol. The third-order valence-electron chi connectivity index (χ3n) is 0.995. The Morgan fingerprint density at radius 2 is 2.00 bits per heavy atom. The largest absolute Gasteiger partial charge is 0.522 e. The van der Waals surface area contributed by atoms with Crippen molar-refractivity contribution in [2.75, 3.05) is 13.2 Å². The predicted octanol–water partition coefficient (Wildman–Crippen LogP) is 2.41. The molecule has 0 aromatic carbocycles. The molecule has 0 saturated carbocycles. The number of halogens is 3. The third kappa shape index (κ3) is 9.55. The Morgan fingerprint density at radius 3 is 2.50 bits per heavy atom. The first-order chi connectivity index (χ1) is 5.56. The van der Waals surface area contributed by atoms with Gasteiger partial charge in [0.1, 0.15) is 0 Å². The molecule has 2 nitrogen and oxygen atoms in total. The Kier molecular flexibility index (Phi) is 5.88. The molecule has 0 radical (unpaired) electrons.